The molecular weight excluding hydrogens is 210 g/mol. The van der Waals surface area contributed by atoms with Crippen molar-refractivity contribution in [2.75, 3.05) is 32.7 Å². The highest BCUT2D eigenvalue weighted by atomic mass is 15.3. The monoisotopic (exact) mass is 237 g/mol. The SMILES string of the molecule is CC(C)C1CNCCN1C1CCN(C2CC2)C1. The predicted molar refractivity (Wildman–Crippen MR) is 71.2 cm³/mol. The van der Waals surface area contributed by atoms with Crippen LogP contribution in [0.4, 0.5) is 0 Å². The molecule has 0 aromatic heterocycles. The third-order valence-corrected chi connectivity index (χ3v) is 4.82. The number of nitrogens with zero attached hydrogens (tertiary/aromatic N) is 2. The van der Waals surface area contributed by atoms with Gasteiger partial charge < -0.3 is 5.32 Å². The molecule has 2 saturated heterocycles. The van der Waals surface area contributed by atoms with Crippen LogP contribution in [0.2, 0.25) is 0 Å². The minimum Gasteiger partial charge on any atom is -0.314 e. The first kappa shape index (κ1) is 11.9. The van der Waals surface area contributed by atoms with E-state index in [1.165, 1.54) is 52.0 Å². The zero-order valence-corrected chi connectivity index (χ0v) is 11.4. The zero-order valence-electron chi connectivity index (χ0n) is 11.4. The fourth-order valence-corrected chi connectivity index (χ4v) is 3.62. The fraction of sp³-hybridized carbons (Fsp3) is 1.00. The van der Waals surface area contributed by atoms with Gasteiger partial charge in [-0.25, -0.2) is 0 Å². The van der Waals surface area contributed by atoms with E-state index in [1.807, 2.05) is 0 Å². The van der Waals surface area contributed by atoms with Gasteiger partial charge >= 0.3 is 0 Å². The first-order chi connectivity index (χ1) is 8.25. The van der Waals surface area contributed by atoms with Crippen LogP contribution < -0.4 is 5.32 Å². The average molecular weight is 237 g/mol. The number of likely N-dealkylation sites (tertiary alicyclic amines) is 1. The Bertz CT molecular complexity index is 262. The molecule has 0 aromatic carbocycles. The summed E-state index contributed by atoms with van der Waals surface area (Å²) < 4.78 is 0. The van der Waals surface area contributed by atoms with E-state index in [2.05, 4.69) is 29.0 Å². The van der Waals surface area contributed by atoms with Gasteiger partial charge in [0.1, 0.15) is 0 Å². The van der Waals surface area contributed by atoms with Gasteiger partial charge in [0, 0.05) is 50.8 Å². The molecule has 2 heterocycles. The standard InChI is InChI=1S/C14H27N3/c1-11(2)14-9-15-6-8-17(14)13-5-7-16(10-13)12-3-4-12/h11-15H,3-10H2,1-2H3. The second-order valence-corrected chi connectivity index (χ2v) is 6.42. The summed E-state index contributed by atoms with van der Waals surface area (Å²) in [5.74, 6) is 0.776. The molecule has 1 aliphatic carbocycles. The maximum absolute atomic E-state index is 3.56. The van der Waals surface area contributed by atoms with Crippen molar-refractivity contribution < 1.29 is 0 Å². The first-order valence-electron chi connectivity index (χ1n) is 7.46. The molecule has 0 radical (unpaired) electrons. The molecule has 1 saturated carbocycles. The molecule has 2 aliphatic heterocycles. The lowest BCUT2D eigenvalue weighted by atomic mass is 9.98. The highest BCUT2D eigenvalue weighted by Crippen LogP contribution is 2.32. The molecule has 0 spiro atoms. The minimum atomic E-state index is 0.757. The van der Waals surface area contributed by atoms with Crippen molar-refractivity contribution in [3.8, 4) is 0 Å². The minimum absolute atomic E-state index is 0.757. The molecule has 2 unspecified atom stereocenters. The maximum atomic E-state index is 3.56. The summed E-state index contributed by atoms with van der Waals surface area (Å²) in [4.78, 5) is 5.55. The normalized spacial score (nSPS) is 36.9. The van der Waals surface area contributed by atoms with Crippen molar-refractivity contribution in [2.24, 2.45) is 5.92 Å². The summed E-state index contributed by atoms with van der Waals surface area (Å²) in [7, 11) is 0. The molecule has 1 N–H and O–H groups in total. The van der Waals surface area contributed by atoms with Gasteiger partial charge in [0.2, 0.25) is 0 Å². The Hall–Kier alpha value is -0.120. The molecule has 0 bridgehead atoms. The Morgan fingerprint density at radius 2 is 1.88 bits per heavy atom. The van der Waals surface area contributed by atoms with Gasteiger partial charge in [-0.05, 0) is 25.2 Å². The fourth-order valence-electron chi connectivity index (χ4n) is 3.62. The number of piperazine rings is 1. The number of hydrogen-bond donors (Lipinski definition) is 1. The lowest BCUT2D eigenvalue weighted by Gasteiger charge is -2.42. The second kappa shape index (κ2) is 4.87. The van der Waals surface area contributed by atoms with Gasteiger partial charge in [-0.15, -0.1) is 0 Å². The van der Waals surface area contributed by atoms with Crippen LogP contribution >= 0.6 is 0 Å². The third-order valence-electron chi connectivity index (χ3n) is 4.82. The van der Waals surface area contributed by atoms with E-state index in [0.29, 0.717) is 0 Å². The van der Waals surface area contributed by atoms with Crippen molar-refractivity contribution in [3.05, 3.63) is 0 Å². The molecule has 0 amide bonds. The Balaban J connectivity index is 1.61. The largest absolute Gasteiger partial charge is 0.314 e. The summed E-state index contributed by atoms with van der Waals surface area (Å²) in [6.07, 6.45) is 4.32. The van der Waals surface area contributed by atoms with Gasteiger partial charge in [0.15, 0.2) is 0 Å². The van der Waals surface area contributed by atoms with E-state index in [0.717, 1.165) is 24.0 Å². The van der Waals surface area contributed by atoms with Gasteiger partial charge in [-0.1, -0.05) is 13.8 Å². The van der Waals surface area contributed by atoms with Crippen LogP contribution in [0.1, 0.15) is 33.1 Å². The molecule has 3 heteroatoms. The highest BCUT2D eigenvalue weighted by molar-refractivity contribution is 4.96. The molecule has 3 fully saturated rings. The topological polar surface area (TPSA) is 18.5 Å². The average Bonchev–Trinajstić information content (AvgIpc) is 3.07. The van der Waals surface area contributed by atoms with E-state index in [4.69, 9.17) is 0 Å². The van der Waals surface area contributed by atoms with Crippen molar-refractivity contribution >= 4 is 0 Å². The Morgan fingerprint density at radius 3 is 2.59 bits per heavy atom. The lowest BCUT2D eigenvalue weighted by molar-refractivity contribution is 0.0789. The molecule has 17 heavy (non-hydrogen) atoms. The van der Waals surface area contributed by atoms with E-state index >= 15 is 0 Å². The zero-order chi connectivity index (χ0) is 11.8. The molecule has 3 nitrogen and oxygen atoms in total. The Labute approximate surface area is 106 Å². The van der Waals surface area contributed by atoms with Crippen LogP contribution in [0.15, 0.2) is 0 Å². The van der Waals surface area contributed by atoms with Crippen molar-refractivity contribution in [2.45, 2.75) is 51.2 Å². The smallest absolute Gasteiger partial charge is 0.0247 e. The van der Waals surface area contributed by atoms with Gasteiger partial charge in [0.25, 0.3) is 0 Å². The third kappa shape index (κ3) is 2.51. The summed E-state index contributed by atoms with van der Waals surface area (Å²) in [5.41, 5.74) is 0. The van der Waals surface area contributed by atoms with Crippen molar-refractivity contribution in [1.29, 1.82) is 0 Å². The summed E-state index contributed by atoms with van der Waals surface area (Å²) in [6.45, 7) is 11.1. The molecule has 3 aliphatic rings. The Kier molecular flexibility index (Phi) is 3.42. The van der Waals surface area contributed by atoms with E-state index in [9.17, 15) is 0 Å². The van der Waals surface area contributed by atoms with Crippen LogP contribution in [0.25, 0.3) is 0 Å². The Morgan fingerprint density at radius 1 is 1.06 bits per heavy atom. The number of nitrogens with one attached hydrogen (secondary N) is 1. The predicted octanol–water partition coefficient (Wildman–Crippen LogP) is 1.15. The van der Waals surface area contributed by atoms with Crippen LogP contribution in [-0.4, -0.2) is 60.6 Å². The van der Waals surface area contributed by atoms with Gasteiger partial charge in [0.05, 0.1) is 0 Å². The summed E-state index contributed by atoms with van der Waals surface area (Å²) in [5, 5.41) is 3.56. The van der Waals surface area contributed by atoms with Crippen LogP contribution in [-0.2, 0) is 0 Å². The van der Waals surface area contributed by atoms with Gasteiger partial charge in [-0.3, -0.25) is 9.80 Å². The van der Waals surface area contributed by atoms with E-state index in [1.54, 1.807) is 0 Å². The van der Waals surface area contributed by atoms with Crippen LogP contribution in [0, 0.1) is 5.92 Å². The number of rotatable bonds is 3. The summed E-state index contributed by atoms with van der Waals surface area (Å²) >= 11 is 0. The van der Waals surface area contributed by atoms with Gasteiger partial charge in [-0.2, -0.15) is 0 Å². The van der Waals surface area contributed by atoms with Crippen molar-refractivity contribution in [1.82, 2.24) is 15.1 Å². The van der Waals surface area contributed by atoms with Crippen LogP contribution in [0.5, 0.6) is 0 Å². The molecular formula is C14H27N3. The van der Waals surface area contributed by atoms with E-state index < -0.39 is 0 Å². The van der Waals surface area contributed by atoms with E-state index in [-0.39, 0.29) is 0 Å². The summed E-state index contributed by atoms with van der Waals surface area (Å²) in [6, 6.07) is 2.55. The molecule has 3 rings (SSSR count). The maximum Gasteiger partial charge on any atom is 0.0247 e. The van der Waals surface area contributed by atoms with Crippen LogP contribution in [0.3, 0.4) is 0 Å². The highest BCUT2D eigenvalue weighted by Gasteiger charge is 2.39. The quantitative estimate of drug-likeness (QED) is 0.794. The molecule has 2 atom stereocenters. The second-order valence-electron chi connectivity index (χ2n) is 6.42. The molecule has 98 valence electrons. The lowest BCUT2D eigenvalue weighted by Crippen LogP contribution is -2.57. The first-order valence-corrected chi connectivity index (χ1v) is 7.46. The van der Waals surface area contributed by atoms with Crippen molar-refractivity contribution in [3.63, 3.8) is 0 Å². The number of hydrogen-bond acceptors (Lipinski definition) is 3. The molecule has 0 aromatic rings.